The Kier molecular flexibility index (Phi) is 2.99. The molecule has 5 nitrogen and oxygen atoms in total. The Morgan fingerprint density at radius 1 is 1.33 bits per heavy atom. The van der Waals surface area contributed by atoms with Gasteiger partial charge >= 0.3 is 0 Å². The third kappa shape index (κ3) is 3.59. The monoisotopic (exact) mass is 228 g/mol. The summed E-state index contributed by atoms with van der Waals surface area (Å²) in [6, 6.07) is 4.39. The molecule has 0 atom stereocenters. The molecule has 6 heteroatoms. The molecule has 0 aliphatic rings. The summed E-state index contributed by atoms with van der Waals surface area (Å²) in [5.74, 6) is -0.168. The number of sulfonamides is 1. The second-order valence-corrected chi connectivity index (χ2v) is 5.02. The van der Waals surface area contributed by atoms with Crippen LogP contribution in [0.5, 0.6) is 0 Å². The molecule has 15 heavy (non-hydrogen) atoms. The first-order chi connectivity index (χ1) is 6.78. The van der Waals surface area contributed by atoms with Gasteiger partial charge < -0.3 is 5.73 Å². The number of Topliss-reactive ketones (excluding diaryl/α,β-unsaturated/α-hetero) is 1. The van der Waals surface area contributed by atoms with Crippen LogP contribution in [0.4, 0.5) is 11.4 Å². The fraction of sp³-hybridized carbons (Fsp3) is 0.222. The zero-order valence-corrected chi connectivity index (χ0v) is 9.26. The molecule has 0 spiro atoms. The average Bonchev–Trinajstić information content (AvgIpc) is 1.99. The van der Waals surface area contributed by atoms with Crippen molar-refractivity contribution in [2.75, 3.05) is 16.7 Å². The predicted octanol–water partition coefficient (Wildman–Crippen LogP) is 0.843. The average molecular weight is 228 g/mol. The minimum atomic E-state index is -3.35. The van der Waals surface area contributed by atoms with Crippen LogP contribution in [0, 0.1) is 0 Å². The summed E-state index contributed by atoms with van der Waals surface area (Å²) in [6.45, 7) is 1.39. The molecule has 0 aromatic heterocycles. The number of benzene rings is 1. The minimum absolute atomic E-state index is 0.168. The lowest BCUT2D eigenvalue weighted by Crippen LogP contribution is -2.10. The molecule has 0 aliphatic heterocycles. The van der Waals surface area contributed by atoms with Crippen molar-refractivity contribution in [3.05, 3.63) is 23.8 Å². The van der Waals surface area contributed by atoms with Crippen LogP contribution in [0.2, 0.25) is 0 Å². The standard InChI is InChI=1S/C9H12N2O3S/c1-6(12)7-3-8(10)5-9(4-7)11-15(2,13)14/h3-5,11H,10H2,1-2H3. The van der Waals surface area contributed by atoms with Crippen molar-refractivity contribution in [2.24, 2.45) is 0 Å². The molecule has 82 valence electrons. The Balaban J connectivity index is 3.15. The highest BCUT2D eigenvalue weighted by molar-refractivity contribution is 7.92. The van der Waals surface area contributed by atoms with Crippen molar-refractivity contribution < 1.29 is 13.2 Å². The zero-order valence-electron chi connectivity index (χ0n) is 8.44. The van der Waals surface area contributed by atoms with Crippen molar-refractivity contribution in [1.82, 2.24) is 0 Å². The smallest absolute Gasteiger partial charge is 0.229 e. The summed E-state index contributed by atoms with van der Waals surface area (Å²) >= 11 is 0. The molecule has 3 N–H and O–H groups in total. The number of carbonyl (C=O) groups is 1. The molecule has 0 radical (unpaired) electrons. The minimum Gasteiger partial charge on any atom is -0.399 e. The lowest BCUT2D eigenvalue weighted by atomic mass is 10.1. The van der Waals surface area contributed by atoms with Gasteiger partial charge in [-0.05, 0) is 25.1 Å². The maximum absolute atomic E-state index is 11.1. The number of rotatable bonds is 3. The number of carbonyl (C=O) groups excluding carboxylic acids is 1. The highest BCUT2D eigenvalue weighted by Gasteiger charge is 2.06. The van der Waals surface area contributed by atoms with Gasteiger partial charge in [0.05, 0.1) is 11.9 Å². The third-order valence-corrected chi connectivity index (χ3v) is 2.27. The van der Waals surface area contributed by atoms with Crippen LogP contribution < -0.4 is 10.5 Å². The second kappa shape index (κ2) is 3.90. The zero-order chi connectivity index (χ0) is 11.6. The quantitative estimate of drug-likeness (QED) is 0.592. The second-order valence-electron chi connectivity index (χ2n) is 3.27. The number of hydrogen-bond donors (Lipinski definition) is 2. The lowest BCUT2D eigenvalue weighted by Gasteiger charge is -2.06. The van der Waals surface area contributed by atoms with Crippen molar-refractivity contribution in [1.29, 1.82) is 0 Å². The van der Waals surface area contributed by atoms with Crippen LogP contribution in [0.1, 0.15) is 17.3 Å². The van der Waals surface area contributed by atoms with Crippen molar-refractivity contribution in [2.45, 2.75) is 6.92 Å². The predicted molar refractivity (Wildman–Crippen MR) is 59.3 cm³/mol. The van der Waals surface area contributed by atoms with Crippen LogP contribution >= 0.6 is 0 Å². The largest absolute Gasteiger partial charge is 0.399 e. The first kappa shape index (κ1) is 11.5. The van der Waals surface area contributed by atoms with Gasteiger partial charge in [-0.1, -0.05) is 0 Å². The number of anilines is 2. The molecular weight excluding hydrogens is 216 g/mol. The van der Waals surface area contributed by atoms with E-state index in [1.54, 1.807) is 0 Å². The Hall–Kier alpha value is -1.56. The molecular formula is C9H12N2O3S. The van der Waals surface area contributed by atoms with E-state index in [0.29, 0.717) is 16.9 Å². The topological polar surface area (TPSA) is 89.3 Å². The molecule has 0 fully saturated rings. The Bertz CT molecular complexity index is 494. The molecule has 0 unspecified atom stereocenters. The van der Waals surface area contributed by atoms with Crippen molar-refractivity contribution in [3.8, 4) is 0 Å². The number of hydrogen-bond acceptors (Lipinski definition) is 4. The van der Waals surface area contributed by atoms with E-state index in [2.05, 4.69) is 4.72 Å². The van der Waals surface area contributed by atoms with E-state index in [9.17, 15) is 13.2 Å². The van der Waals surface area contributed by atoms with Gasteiger partial charge in [0.1, 0.15) is 0 Å². The summed E-state index contributed by atoms with van der Waals surface area (Å²) < 4.78 is 24.2. The highest BCUT2D eigenvalue weighted by atomic mass is 32.2. The maximum Gasteiger partial charge on any atom is 0.229 e. The molecule has 0 heterocycles. The van der Waals surface area contributed by atoms with Gasteiger partial charge in [0.25, 0.3) is 0 Å². The van der Waals surface area contributed by atoms with Gasteiger partial charge in [-0.2, -0.15) is 0 Å². The maximum atomic E-state index is 11.1. The normalized spacial score (nSPS) is 11.1. The number of nitrogens with one attached hydrogen (secondary N) is 1. The van der Waals surface area contributed by atoms with Crippen LogP contribution in [0.3, 0.4) is 0 Å². The van der Waals surface area contributed by atoms with Gasteiger partial charge in [0.15, 0.2) is 5.78 Å². The van der Waals surface area contributed by atoms with E-state index in [0.717, 1.165) is 6.26 Å². The SMILES string of the molecule is CC(=O)c1cc(N)cc(NS(C)(=O)=O)c1. The molecule has 1 rings (SSSR count). The van der Waals surface area contributed by atoms with Crippen LogP contribution in [-0.2, 0) is 10.0 Å². The van der Waals surface area contributed by atoms with Gasteiger partial charge in [-0.3, -0.25) is 9.52 Å². The van der Waals surface area contributed by atoms with Crippen molar-refractivity contribution in [3.63, 3.8) is 0 Å². The number of ketones is 1. The number of nitrogens with two attached hydrogens (primary N) is 1. The molecule has 0 amide bonds. The molecule has 0 aliphatic carbocycles. The molecule has 1 aromatic carbocycles. The van der Waals surface area contributed by atoms with E-state index >= 15 is 0 Å². The lowest BCUT2D eigenvalue weighted by molar-refractivity contribution is 0.101. The van der Waals surface area contributed by atoms with Crippen LogP contribution in [0.25, 0.3) is 0 Å². The number of nitrogen functional groups attached to an aromatic ring is 1. The third-order valence-electron chi connectivity index (χ3n) is 1.67. The van der Waals surface area contributed by atoms with Crippen LogP contribution in [-0.4, -0.2) is 20.5 Å². The Labute approximate surface area is 88.3 Å². The fourth-order valence-electron chi connectivity index (χ4n) is 1.13. The summed E-state index contributed by atoms with van der Waals surface area (Å²) in [6.07, 6.45) is 1.03. The fourth-order valence-corrected chi connectivity index (χ4v) is 1.67. The summed E-state index contributed by atoms with van der Waals surface area (Å²) in [5.41, 5.74) is 6.54. The first-order valence-electron chi connectivity index (χ1n) is 4.17. The van der Waals surface area contributed by atoms with E-state index in [-0.39, 0.29) is 5.78 Å². The van der Waals surface area contributed by atoms with Crippen LogP contribution in [0.15, 0.2) is 18.2 Å². The van der Waals surface area contributed by atoms with E-state index in [4.69, 9.17) is 5.73 Å². The Morgan fingerprint density at radius 3 is 2.40 bits per heavy atom. The van der Waals surface area contributed by atoms with Gasteiger partial charge in [0, 0.05) is 11.3 Å². The van der Waals surface area contributed by atoms with Crippen molar-refractivity contribution >= 4 is 27.2 Å². The summed E-state index contributed by atoms with van der Waals surface area (Å²) in [7, 11) is -3.35. The summed E-state index contributed by atoms with van der Waals surface area (Å²) in [4.78, 5) is 11.1. The molecule has 0 bridgehead atoms. The summed E-state index contributed by atoms with van der Waals surface area (Å²) in [5, 5.41) is 0. The van der Waals surface area contributed by atoms with E-state index in [1.807, 2.05) is 0 Å². The first-order valence-corrected chi connectivity index (χ1v) is 6.06. The van der Waals surface area contributed by atoms with Gasteiger partial charge in [0.2, 0.25) is 10.0 Å². The molecule has 0 saturated carbocycles. The van der Waals surface area contributed by atoms with E-state index < -0.39 is 10.0 Å². The highest BCUT2D eigenvalue weighted by Crippen LogP contribution is 2.17. The molecule has 1 aromatic rings. The Morgan fingerprint density at radius 2 is 1.93 bits per heavy atom. The van der Waals surface area contributed by atoms with Gasteiger partial charge in [-0.15, -0.1) is 0 Å². The van der Waals surface area contributed by atoms with Gasteiger partial charge in [-0.25, -0.2) is 8.42 Å². The van der Waals surface area contributed by atoms with E-state index in [1.165, 1.54) is 25.1 Å². The molecule has 0 saturated heterocycles.